The van der Waals surface area contributed by atoms with E-state index in [1.165, 1.54) is 24.3 Å². The zero-order valence-corrected chi connectivity index (χ0v) is 15.1. The predicted octanol–water partition coefficient (Wildman–Crippen LogP) is 4.76. The van der Waals surface area contributed by atoms with Crippen molar-refractivity contribution in [3.05, 3.63) is 81.7 Å². The van der Waals surface area contributed by atoms with Crippen LogP contribution in [-0.4, -0.2) is 12.5 Å². The number of benzene rings is 3. The van der Waals surface area contributed by atoms with E-state index in [4.69, 9.17) is 20.8 Å². The highest BCUT2D eigenvalue weighted by Crippen LogP contribution is 2.26. The van der Waals surface area contributed by atoms with Crippen molar-refractivity contribution < 1.29 is 18.3 Å². The second-order valence-electron chi connectivity index (χ2n) is 6.03. The molecule has 0 saturated carbocycles. The number of carbonyl (C=O) groups is 1. The summed E-state index contributed by atoms with van der Waals surface area (Å²) in [4.78, 5) is 24.7. The van der Waals surface area contributed by atoms with Crippen LogP contribution in [0.3, 0.4) is 0 Å². The Labute approximate surface area is 163 Å². The number of anilines is 1. The lowest BCUT2D eigenvalue weighted by Gasteiger charge is -2.09. The van der Waals surface area contributed by atoms with E-state index in [1.807, 2.05) is 0 Å². The summed E-state index contributed by atoms with van der Waals surface area (Å²) in [5.41, 5.74) is 0.773. The Kier molecular flexibility index (Phi) is 4.71. The van der Waals surface area contributed by atoms with Gasteiger partial charge in [0.2, 0.25) is 5.43 Å². The fourth-order valence-electron chi connectivity index (χ4n) is 2.82. The number of fused-ring (bicyclic) bond motifs is 2. The first-order valence-corrected chi connectivity index (χ1v) is 8.73. The van der Waals surface area contributed by atoms with Crippen molar-refractivity contribution in [3.8, 4) is 5.75 Å². The summed E-state index contributed by atoms with van der Waals surface area (Å²) in [5.74, 6) is -1.04. The van der Waals surface area contributed by atoms with Crippen LogP contribution in [0.25, 0.3) is 21.9 Å². The van der Waals surface area contributed by atoms with E-state index in [9.17, 15) is 14.0 Å². The molecule has 0 atom stereocenters. The number of halogens is 2. The van der Waals surface area contributed by atoms with Gasteiger partial charge in [-0.1, -0.05) is 29.8 Å². The molecule has 7 heteroatoms. The van der Waals surface area contributed by atoms with Crippen molar-refractivity contribution in [2.24, 2.45) is 0 Å². The minimum Gasteiger partial charge on any atom is -0.481 e. The molecule has 0 aliphatic carbocycles. The van der Waals surface area contributed by atoms with Crippen molar-refractivity contribution >= 4 is 45.1 Å². The van der Waals surface area contributed by atoms with E-state index in [0.29, 0.717) is 27.1 Å². The zero-order chi connectivity index (χ0) is 19.7. The highest BCUT2D eigenvalue weighted by Gasteiger charge is 2.12. The molecule has 1 amide bonds. The number of hydrogen-bond acceptors (Lipinski definition) is 4. The fraction of sp³-hybridized carbons (Fsp3) is 0.0476. The number of nitrogens with one attached hydrogen (secondary N) is 1. The molecular weight excluding hydrogens is 385 g/mol. The number of hydrogen-bond donors (Lipinski definition) is 1. The van der Waals surface area contributed by atoms with E-state index in [0.717, 1.165) is 0 Å². The molecule has 1 heterocycles. The summed E-state index contributed by atoms with van der Waals surface area (Å²) < 4.78 is 24.5. The van der Waals surface area contributed by atoms with Crippen molar-refractivity contribution in [1.29, 1.82) is 0 Å². The molecule has 0 spiro atoms. The summed E-state index contributed by atoms with van der Waals surface area (Å²) in [5, 5.41) is 3.70. The van der Waals surface area contributed by atoms with Crippen LogP contribution in [0.1, 0.15) is 0 Å². The molecule has 0 radical (unpaired) electrons. The second kappa shape index (κ2) is 7.32. The third kappa shape index (κ3) is 3.42. The number of carbonyl (C=O) groups excluding carboxylic acids is 1. The average molecular weight is 398 g/mol. The lowest BCUT2D eigenvalue weighted by atomic mass is 10.1. The van der Waals surface area contributed by atoms with E-state index >= 15 is 0 Å². The van der Waals surface area contributed by atoms with Crippen LogP contribution in [-0.2, 0) is 4.79 Å². The molecule has 1 aromatic heterocycles. The molecule has 1 N–H and O–H groups in total. The largest absolute Gasteiger partial charge is 0.481 e. The normalized spacial score (nSPS) is 10.9. The molecule has 0 fully saturated rings. The molecule has 4 rings (SSSR count). The molecule has 140 valence electrons. The lowest BCUT2D eigenvalue weighted by Crippen LogP contribution is -2.20. The minimum absolute atomic E-state index is 0.0109. The van der Waals surface area contributed by atoms with Gasteiger partial charge in [0.1, 0.15) is 5.58 Å². The smallest absolute Gasteiger partial charge is 0.262 e. The van der Waals surface area contributed by atoms with Crippen LogP contribution >= 0.6 is 11.6 Å². The first-order valence-electron chi connectivity index (χ1n) is 8.35. The van der Waals surface area contributed by atoms with Crippen LogP contribution in [0.4, 0.5) is 10.1 Å². The van der Waals surface area contributed by atoms with Crippen LogP contribution in [0.5, 0.6) is 5.75 Å². The van der Waals surface area contributed by atoms with Crippen molar-refractivity contribution in [1.82, 2.24) is 0 Å². The Hall–Kier alpha value is -3.38. The number of para-hydroxylation sites is 2. The molecule has 28 heavy (non-hydrogen) atoms. The lowest BCUT2D eigenvalue weighted by molar-refractivity contribution is -0.118. The molecule has 0 aliphatic heterocycles. The maximum absolute atomic E-state index is 13.5. The number of rotatable bonds is 4. The maximum atomic E-state index is 13.5. The predicted molar refractivity (Wildman–Crippen MR) is 106 cm³/mol. The molecular formula is C21H13ClFNO4. The zero-order valence-electron chi connectivity index (χ0n) is 14.4. The fourth-order valence-corrected chi connectivity index (χ4v) is 3.03. The maximum Gasteiger partial charge on any atom is 0.262 e. The Bertz CT molecular complexity index is 1270. The highest BCUT2D eigenvalue weighted by molar-refractivity contribution is 6.34. The molecule has 0 aliphatic rings. The first-order chi connectivity index (χ1) is 13.5. The third-order valence-corrected chi connectivity index (χ3v) is 4.43. The highest BCUT2D eigenvalue weighted by atomic mass is 35.5. The van der Waals surface area contributed by atoms with Gasteiger partial charge >= 0.3 is 0 Å². The van der Waals surface area contributed by atoms with Crippen LogP contribution in [0.15, 0.2) is 69.9 Å². The Morgan fingerprint density at radius 3 is 2.71 bits per heavy atom. The van der Waals surface area contributed by atoms with Crippen LogP contribution in [0, 0.1) is 5.82 Å². The Morgan fingerprint density at radius 1 is 1.07 bits per heavy atom. The molecule has 3 aromatic carbocycles. The molecule has 0 saturated heterocycles. The first kappa shape index (κ1) is 18.0. The van der Waals surface area contributed by atoms with Gasteiger partial charge in [0, 0.05) is 11.8 Å². The van der Waals surface area contributed by atoms with Gasteiger partial charge in [-0.3, -0.25) is 9.59 Å². The van der Waals surface area contributed by atoms with Gasteiger partial charge in [-0.2, -0.15) is 0 Å². The van der Waals surface area contributed by atoms with Crippen LogP contribution in [0.2, 0.25) is 5.02 Å². The Balaban J connectivity index is 1.58. The minimum atomic E-state index is -0.550. The monoisotopic (exact) mass is 397 g/mol. The summed E-state index contributed by atoms with van der Waals surface area (Å²) in [6, 6.07) is 15.4. The summed E-state index contributed by atoms with van der Waals surface area (Å²) in [6.45, 7) is -0.369. The van der Waals surface area contributed by atoms with Gasteiger partial charge in [0.15, 0.2) is 23.8 Å². The molecule has 0 bridgehead atoms. The second-order valence-corrected chi connectivity index (χ2v) is 6.43. The van der Waals surface area contributed by atoms with Crippen LogP contribution < -0.4 is 15.5 Å². The topological polar surface area (TPSA) is 68.5 Å². The standard InChI is InChI=1S/C21H13ClFNO4/c22-15-5-3-4-14-20(26)13-9-8-12(10-18(13)28-21(14)15)24-19(25)11-27-17-7-2-1-6-16(17)23/h1-10H,11H2,(H,24,25). The van der Waals surface area contributed by atoms with Crippen molar-refractivity contribution in [2.75, 3.05) is 11.9 Å². The molecule has 0 unspecified atom stereocenters. The van der Waals surface area contributed by atoms with Crippen molar-refractivity contribution in [2.45, 2.75) is 0 Å². The molecule has 5 nitrogen and oxygen atoms in total. The van der Waals surface area contributed by atoms with Gasteiger partial charge in [0.05, 0.1) is 15.8 Å². The van der Waals surface area contributed by atoms with Gasteiger partial charge in [-0.05, 0) is 36.4 Å². The Morgan fingerprint density at radius 2 is 1.89 bits per heavy atom. The van der Waals surface area contributed by atoms with Crippen molar-refractivity contribution in [3.63, 3.8) is 0 Å². The van der Waals surface area contributed by atoms with Gasteiger partial charge < -0.3 is 14.5 Å². The molecule has 4 aromatic rings. The third-order valence-electron chi connectivity index (χ3n) is 4.13. The van der Waals surface area contributed by atoms with Gasteiger partial charge in [-0.15, -0.1) is 0 Å². The van der Waals surface area contributed by atoms with Gasteiger partial charge in [0.25, 0.3) is 5.91 Å². The van der Waals surface area contributed by atoms with E-state index < -0.39 is 11.7 Å². The summed E-state index contributed by atoms with van der Waals surface area (Å²) in [7, 11) is 0. The number of ether oxygens (including phenoxy) is 1. The summed E-state index contributed by atoms with van der Waals surface area (Å²) in [6.07, 6.45) is 0. The quantitative estimate of drug-likeness (QED) is 0.504. The van der Waals surface area contributed by atoms with Gasteiger partial charge in [-0.25, -0.2) is 4.39 Å². The van der Waals surface area contributed by atoms with E-state index in [-0.39, 0.29) is 23.4 Å². The van der Waals surface area contributed by atoms with E-state index in [1.54, 1.807) is 36.4 Å². The SMILES string of the molecule is O=C(COc1ccccc1F)Nc1ccc2c(=O)c3cccc(Cl)c3oc2c1. The number of amides is 1. The summed E-state index contributed by atoms with van der Waals surface area (Å²) >= 11 is 6.12. The van der Waals surface area contributed by atoms with E-state index in [2.05, 4.69) is 5.32 Å². The average Bonchev–Trinajstić information content (AvgIpc) is 2.68.